The Morgan fingerprint density at radius 3 is 2.68 bits per heavy atom. The van der Waals surface area contributed by atoms with Gasteiger partial charge in [-0.3, -0.25) is 4.79 Å². The van der Waals surface area contributed by atoms with Crippen molar-refractivity contribution in [3.8, 4) is 0 Å². The van der Waals surface area contributed by atoms with Gasteiger partial charge in [0.25, 0.3) is 5.91 Å². The first-order chi connectivity index (χ1) is 10.8. The number of pyridine rings is 1. The fraction of sp³-hybridized carbons (Fsp3) is 0.333. The maximum absolute atomic E-state index is 12.8. The Bertz CT molecular complexity index is 707. The molecule has 1 amide bonds. The molecule has 0 atom stereocenters. The van der Waals surface area contributed by atoms with E-state index in [1.807, 2.05) is 23.1 Å². The van der Waals surface area contributed by atoms with E-state index in [0.29, 0.717) is 0 Å². The van der Waals surface area contributed by atoms with Crippen LogP contribution in [0.25, 0.3) is 0 Å². The fourth-order valence-electron chi connectivity index (χ4n) is 3.43. The van der Waals surface area contributed by atoms with Gasteiger partial charge in [0.15, 0.2) is 0 Å². The second-order valence-corrected chi connectivity index (χ2v) is 5.90. The van der Waals surface area contributed by atoms with Gasteiger partial charge in [-0.2, -0.15) is 0 Å². The van der Waals surface area contributed by atoms with Crippen molar-refractivity contribution >= 4 is 17.4 Å². The summed E-state index contributed by atoms with van der Waals surface area (Å²) >= 11 is 0. The molecule has 0 radical (unpaired) electrons. The standard InChI is InChI=1S/C18H19N3O/c22-18(20-11-3-4-12-20)15-7-5-10-19-17(15)21-13-9-14-6-1-2-8-16(14)21/h1-2,5-8,10H,3-4,9,11-13H2. The topological polar surface area (TPSA) is 36.4 Å². The van der Waals surface area contributed by atoms with Crippen molar-refractivity contribution in [2.45, 2.75) is 19.3 Å². The van der Waals surface area contributed by atoms with Crippen LogP contribution in [0.4, 0.5) is 11.5 Å². The first kappa shape index (κ1) is 13.3. The van der Waals surface area contributed by atoms with Gasteiger partial charge in [0.05, 0.1) is 5.56 Å². The molecule has 2 aliphatic heterocycles. The van der Waals surface area contributed by atoms with Gasteiger partial charge in [0.2, 0.25) is 0 Å². The number of nitrogens with zero attached hydrogens (tertiary/aromatic N) is 3. The Morgan fingerprint density at radius 1 is 1.00 bits per heavy atom. The predicted molar refractivity (Wildman–Crippen MR) is 86.5 cm³/mol. The van der Waals surface area contributed by atoms with E-state index in [9.17, 15) is 4.79 Å². The Balaban J connectivity index is 1.73. The van der Waals surface area contributed by atoms with E-state index in [2.05, 4.69) is 28.1 Å². The normalized spacial score (nSPS) is 16.9. The van der Waals surface area contributed by atoms with Crippen LogP contribution in [0.3, 0.4) is 0 Å². The van der Waals surface area contributed by atoms with Gasteiger partial charge >= 0.3 is 0 Å². The van der Waals surface area contributed by atoms with E-state index in [-0.39, 0.29) is 5.91 Å². The van der Waals surface area contributed by atoms with Crippen molar-refractivity contribution in [2.75, 3.05) is 24.5 Å². The lowest BCUT2D eigenvalue weighted by Crippen LogP contribution is -2.30. The van der Waals surface area contributed by atoms with Crippen LogP contribution in [0.5, 0.6) is 0 Å². The molecule has 2 aliphatic rings. The Hall–Kier alpha value is -2.36. The van der Waals surface area contributed by atoms with Gasteiger partial charge in [0, 0.05) is 31.5 Å². The summed E-state index contributed by atoms with van der Waals surface area (Å²) in [7, 11) is 0. The van der Waals surface area contributed by atoms with Crippen molar-refractivity contribution in [3.63, 3.8) is 0 Å². The molecule has 0 spiro atoms. The van der Waals surface area contributed by atoms with Crippen LogP contribution in [-0.4, -0.2) is 35.4 Å². The molecule has 2 aromatic rings. The van der Waals surface area contributed by atoms with Crippen LogP contribution in [0.2, 0.25) is 0 Å². The minimum atomic E-state index is 0.116. The molecule has 112 valence electrons. The molecule has 0 N–H and O–H groups in total. The van der Waals surface area contributed by atoms with Gasteiger partial charge in [-0.05, 0) is 43.0 Å². The van der Waals surface area contributed by atoms with Crippen molar-refractivity contribution in [1.29, 1.82) is 0 Å². The molecule has 0 saturated carbocycles. The quantitative estimate of drug-likeness (QED) is 0.854. The van der Waals surface area contributed by atoms with Gasteiger partial charge in [0.1, 0.15) is 5.82 Å². The second kappa shape index (κ2) is 5.44. The minimum absolute atomic E-state index is 0.116. The van der Waals surface area contributed by atoms with Gasteiger partial charge in [-0.1, -0.05) is 18.2 Å². The first-order valence-corrected chi connectivity index (χ1v) is 7.94. The molecular formula is C18H19N3O. The highest BCUT2D eigenvalue weighted by atomic mass is 16.2. The van der Waals surface area contributed by atoms with E-state index in [4.69, 9.17) is 0 Å². The summed E-state index contributed by atoms with van der Waals surface area (Å²) in [5.41, 5.74) is 3.23. The lowest BCUT2D eigenvalue weighted by molar-refractivity contribution is 0.0793. The number of aromatic nitrogens is 1. The largest absolute Gasteiger partial charge is 0.339 e. The maximum Gasteiger partial charge on any atom is 0.257 e. The third kappa shape index (κ3) is 2.15. The molecule has 0 bridgehead atoms. The molecule has 4 rings (SSSR count). The third-order valence-corrected chi connectivity index (χ3v) is 4.55. The molecule has 22 heavy (non-hydrogen) atoms. The summed E-state index contributed by atoms with van der Waals surface area (Å²) in [6, 6.07) is 12.1. The molecule has 4 heteroatoms. The van der Waals surface area contributed by atoms with Crippen LogP contribution in [0.15, 0.2) is 42.6 Å². The number of para-hydroxylation sites is 1. The summed E-state index contributed by atoms with van der Waals surface area (Å²) in [6.45, 7) is 2.62. The van der Waals surface area contributed by atoms with Crippen LogP contribution < -0.4 is 4.90 Å². The Kier molecular flexibility index (Phi) is 3.29. The summed E-state index contributed by atoms with van der Waals surface area (Å²) in [4.78, 5) is 21.5. The number of rotatable bonds is 2. The molecule has 1 fully saturated rings. The highest BCUT2D eigenvalue weighted by molar-refractivity contribution is 6.00. The number of benzene rings is 1. The molecular weight excluding hydrogens is 274 g/mol. The monoisotopic (exact) mass is 293 g/mol. The van der Waals surface area contributed by atoms with Crippen molar-refractivity contribution < 1.29 is 4.79 Å². The molecule has 3 heterocycles. The molecule has 0 aliphatic carbocycles. The Morgan fingerprint density at radius 2 is 1.82 bits per heavy atom. The molecule has 1 saturated heterocycles. The van der Waals surface area contributed by atoms with Crippen LogP contribution >= 0.6 is 0 Å². The zero-order valence-corrected chi connectivity index (χ0v) is 12.5. The van der Waals surface area contributed by atoms with E-state index >= 15 is 0 Å². The van der Waals surface area contributed by atoms with Crippen LogP contribution in [-0.2, 0) is 6.42 Å². The summed E-state index contributed by atoms with van der Waals surface area (Å²) in [5, 5.41) is 0. The van der Waals surface area contributed by atoms with E-state index < -0.39 is 0 Å². The average Bonchev–Trinajstić information content (AvgIpc) is 3.24. The first-order valence-electron chi connectivity index (χ1n) is 7.94. The average molecular weight is 293 g/mol. The van der Waals surface area contributed by atoms with Crippen LogP contribution in [0, 0.1) is 0 Å². The van der Waals surface area contributed by atoms with E-state index in [1.54, 1.807) is 6.20 Å². The summed E-state index contributed by atoms with van der Waals surface area (Å²) in [5.74, 6) is 0.911. The van der Waals surface area contributed by atoms with Crippen molar-refractivity contribution in [3.05, 3.63) is 53.7 Å². The predicted octanol–water partition coefficient (Wildman–Crippen LogP) is 3.01. The summed E-state index contributed by atoms with van der Waals surface area (Å²) < 4.78 is 0. The number of likely N-dealkylation sites (tertiary alicyclic amines) is 1. The SMILES string of the molecule is O=C(c1cccnc1N1CCc2ccccc21)N1CCCC1. The zero-order chi connectivity index (χ0) is 14.9. The highest BCUT2D eigenvalue weighted by Crippen LogP contribution is 2.35. The number of anilines is 2. The van der Waals surface area contributed by atoms with Gasteiger partial charge in [-0.15, -0.1) is 0 Å². The molecule has 1 aromatic carbocycles. The highest BCUT2D eigenvalue weighted by Gasteiger charge is 2.28. The zero-order valence-electron chi connectivity index (χ0n) is 12.5. The molecule has 4 nitrogen and oxygen atoms in total. The van der Waals surface area contributed by atoms with E-state index in [0.717, 1.165) is 50.3 Å². The Labute approximate surface area is 130 Å². The smallest absolute Gasteiger partial charge is 0.257 e. The second-order valence-electron chi connectivity index (χ2n) is 5.90. The lowest BCUT2D eigenvalue weighted by atomic mass is 10.1. The number of fused-ring (bicyclic) bond motifs is 1. The maximum atomic E-state index is 12.8. The number of carbonyl (C=O) groups excluding carboxylic acids is 1. The van der Waals surface area contributed by atoms with Crippen molar-refractivity contribution in [1.82, 2.24) is 9.88 Å². The number of hydrogen-bond acceptors (Lipinski definition) is 3. The van der Waals surface area contributed by atoms with E-state index in [1.165, 1.54) is 11.3 Å². The minimum Gasteiger partial charge on any atom is -0.339 e. The number of carbonyl (C=O) groups is 1. The molecule has 0 unspecified atom stereocenters. The fourth-order valence-corrected chi connectivity index (χ4v) is 3.43. The lowest BCUT2D eigenvalue weighted by Gasteiger charge is -2.23. The van der Waals surface area contributed by atoms with Gasteiger partial charge in [-0.25, -0.2) is 4.98 Å². The molecule has 1 aromatic heterocycles. The third-order valence-electron chi connectivity index (χ3n) is 4.55. The number of amides is 1. The van der Waals surface area contributed by atoms with Crippen LogP contribution in [0.1, 0.15) is 28.8 Å². The van der Waals surface area contributed by atoms with Crippen molar-refractivity contribution in [2.24, 2.45) is 0 Å². The summed E-state index contributed by atoms with van der Waals surface area (Å²) in [6.07, 6.45) is 4.99. The number of hydrogen-bond donors (Lipinski definition) is 0. The van der Waals surface area contributed by atoms with Gasteiger partial charge < -0.3 is 9.80 Å².